The van der Waals surface area contributed by atoms with E-state index in [1.807, 2.05) is 18.3 Å². The molecular weight excluding hydrogens is 626 g/mol. The summed E-state index contributed by atoms with van der Waals surface area (Å²) >= 11 is 0. The first-order chi connectivity index (χ1) is 22.2. The van der Waals surface area contributed by atoms with Gasteiger partial charge in [-0.2, -0.15) is 0 Å². The van der Waals surface area contributed by atoms with Gasteiger partial charge in [0.05, 0.1) is 48.4 Å². The third kappa shape index (κ3) is 8.95. The Bertz CT molecular complexity index is 1530. The van der Waals surface area contributed by atoms with Crippen LogP contribution in [0.5, 0.6) is 0 Å². The zero-order valence-electron chi connectivity index (χ0n) is 27.7. The number of hydrogen-bond acceptors (Lipinski definition) is 10. The van der Waals surface area contributed by atoms with E-state index < -0.39 is 21.4 Å². The summed E-state index contributed by atoms with van der Waals surface area (Å²) in [5.41, 5.74) is 0.776. The lowest BCUT2D eigenvalue weighted by molar-refractivity contribution is -0.141. The van der Waals surface area contributed by atoms with Crippen molar-refractivity contribution in [3.63, 3.8) is 0 Å². The number of aromatic nitrogens is 3. The summed E-state index contributed by atoms with van der Waals surface area (Å²) in [6, 6.07) is 5.92. The topological polar surface area (TPSA) is 165 Å². The molecule has 3 fully saturated rings. The van der Waals surface area contributed by atoms with E-state index in [0.717, 1.165) is 11.3 Å². The minimum absolute atomic E-state index is 0.0415. The molecular formula is C32H47N7O7S. The number of fused-ring (bicyclic) bond motifs is 1. The number of piperidine rings is 1. The lowest BCUT2D eigenvalue weighted by Crippen LogP contribution is -2.58. The number of carbonyl (C=O) groups is 3. The Balaban J connectivity index is 1.33. The Morgan fingerprint density at radius 2 is 1.72 bits per heavy atom. The number of sulfone groups is 1. The summed E-state index contributed by atoms with van der Waals surface area (Å²) in [5, 5.41) is 14.8. The molecule has 1 spiro atoms. The number of nitrogens with one attached hydrogen (secondary N) is 2. The zero-order chi connectivity index (χ0) is 33.8. The maximum absolute atomic E-state index is 14.2. The predicted octanol–water partition coefficient (Wildman–Crippen LogP) is 0.825. The van der Waals surface area contributed by atoms with Crippen LogP contribution in [0.1, 0.15) is 63.8 Å². The predicted molar refractivity (Wildman–Crippen MR) is 172 cm³/mol. The third-order valence-corrected chi connectivity index (χ3v) is 10.3. The van der Waals surface area contributed by atoms with Gasteiger partial charge in [0.15, 0.2) is 9.84 Å². The van der Waals surface area contributed by atoms with Crippen molar-refractivity contribution in [2.75, 3.05) is 58.9 Å². The highest BCUT2D eigenvalue weighted by molar-refractivity contribution is 7.90. The second-order valence-electron chi connectivity index (χ2n) is 13.9. The molecule has 0 aliphatic carbocycles. The molecule has 1 aromatic carbocycles. The number of likely N-dealkylation sites (tertiary alicyclic amines) is 1. The van der Waals surface area contributed by atoms with Crippen LogP contribution in [0.2, 0.25) is 0 Å². The molecule has 2 aromatic rings. The summed E-state index contributed by atoms with van der Waals surface area (Å²) in [5.74, 6) is -0.766. The standard InChI is InChI=1S/C32H47N7O7S/c1-31(2,3)27-21-39(36-35-27)24-17-26-30(42)33-11-14-45-15-16-46-22-28(40)34-32(18-29(41)38(26)20-24)9-12-37(13-10-32)19-23-5-7-25(8-6-23)47(4,43)44/h5-8,21,24,26H,9-20,22H2,1-4H3,(H,33,42)(H,34,40)/t24-,26-/m0/s1. The second kappa shape index (κ2) is 14.4. The molecule has 3 aliphatic heterocycles. The Labute approximate surface area is 276 Å². The number of benzene rings is 1. The minimum atomic E-state index is -3.28. The Kier molecular flexibility index (Phi) is 10.7. The van der Waals surface area contributed by atoms with Gasteiger partial charge in [-0.05, 0) is 30.5 Å². The van der Waals surface area contributed by atoms with Gasteiger partial charge >= 0.3 is 0 Å². The fourth-order valence-electron chi connectivity index (χ4n) is 6.39. The monoisotopic (exact) mass is 673 g/mol. The molecule has 1 aromatic heterocycles. The molecule has 47 heavy (non-hydrogen) atoms. The molecule has 3 amide bonds. The van der Waals surface area contributed by atoms with Crippen molar-refractivity contribution in [1.29, 1.82) is 0 Å². The Morgan fingerprint density at radius 3 is 2.38 bits per heavy atom. The van der Waals surface area contributed by atoms with E-state index in [9.17, 15) is 22.8 Å². The number of ether oxygens (including phenoxy) is 2. The molecule has 0 unspecified atom stereocenters. The van der Waals surface area contributed by atoms with Crippen molar-refractivity contribution in [1.82, 2.24) is 35.4 Å². The fraction of sp³-hybridized carbons (Fsp3) is 0.656. The van der Waals surface area contributed by atoms with Crippen LogP contribution in [-0.4, -0.2) is 121 Å². The molecule has 0 radical (unpaired) electrons. The van der Waals surface area contributed by atoms with Crippen LogP contribution in [0.3, 0.4) is 0 Å². The van der Waals surface area contributed by atoms with Crippen molar-refractivity contribution in [2.45, 2.75) is 80.9 Å². The molecule has 0 saturated carbocycles. The van der Waals surface area contributed by atoms with E-state index in [1.165, 1.54) is 6.26 Å². The number of rotatable bonds is 4. The smallest absolute Gasteiger partial charge is 0.246 e. The molecule has 4 heterocycles. The van der Waals surface area contributed by atoms with Crippen LogP contribution in [0.25, 0.3) is 0 Å². The SMILES string of the molecule is CC(C)(C)c1cn([C@H]2C[C@H]3C(=O)NCCOCCOCC(=O)NC4(CCN(Cc5ccc(S(C)(=O)=O)cc5)CC4)CC(=O)N3C2)nn1. The first-order valence-electron chi connectivity index (χ1n) is 16.2. The van der Waals surface area contributed by atoms with E-state index in [1.54, 1.807) is 21.7 Å². The molecule has 3 aliphatic rings. The molecule has 3 saturated heterocycles. The fourth-order valence-corrected chi connectivity index (χ4v) is 7.02. The number of carbonyl (C=O) groups excluding carboxylic acids is 3. The highest BCUT2D eigenvalue weighted by Gasteiger charge is 2.45. The summed E-state index contributed by atoms with van der Waals surface area (Å²) in [4.78, 5) is 44.8. The highest BCUT2D eigenvalue weighted by atomic mass is 32.2. The van der Waals surface area contributed by atoms with Gasteiger partial charge in [0, 0.05) is 57.0 Å². The molecule has 15 heteroatoms. The first-order valence-corrected chi connectivity index (χ1v) is 18.1. The van der Waals surface area contributed by atoms with Crippen molar-refractivity contribution in [3.8, 4) is 0 Å². The van der Waals surface area contributed by atoms with E-state index in [-0.39, 0.29) is 73.5 Å². The summed E-state index contributed by atoms with van der Waals surface area (Å²) in [6.45, 7) is 9.22. The molecule has 2 N–H and O–H groups in total. The summed E-state index contributed by atoms with van der Waals surface area (Å²) in [7, 11) is -3.28. The van der Waals surface area contributed by atoms with Gasteiger partial charge in [-0.25, -0.2) is 13.1 Å². The number of nitrogens with zero attached hydrogens (tertiary/aromatic N) is 5. The van der Waals surface area contributed by atoms with Gasteiger partial charge in [-0.1, -0.05) is 38.1 Å². The second-order valence-corrected chi connectivity index (χ2v) is 16.0. The maximum atomic E-state index is 14.2. The third-order valence-electron chi connectivity index (χ3n) is 9.17. The van der Waals surface area contributed by atoms with E-state index in [2.05, 4.69) is 46.6 Å². The van der Waals surface area contributed by atoms with Crippen LogP contribution < -0.4 is 10.6 Å². The van der Waals surface area contributed by atoms with Gasteiger partial charge in [0.1, 0.15) is 12.6 Å². The number of hydrogen-bond donors (Lipinski definition) is 2. The number of amides is 3. The van der Waals surface area contributed by atoms with Crippen LogP contribution in [0.15, 0.2) is 35.4 Å². The average Bonchev–Trinajstić information content (AvgIpc) is 3.68. The highest BCUT2D eigenvalue weighted by Crippen LogP contribution is 2.33. The quantitative estimate of drug-likeness (QED) is 0.475. The van der Waals surface area contributed by atoms with Gasteiger partial charge in [-0.3, -0.25) is 19.3 Å². The molecule has 5 rings (SSSR count). The maximum Gasteiger partial charge on any atom is 0.246 e. The van der Waals surface area contributed by atoms with Gasteiger partial charge in [-0.15, -0.1) is 5.10 Å². The average molecular weight is 674 g/mol. The van der Waals surface area contributed by atoms with Crippen molar-refractivity contribution in [2.24, 2.45) is 0 Å². The van der Waals surface area contributed by atoms with Crippen molar-refractivity contribution < 1.29 is 32.3 Å². The molecule has 0 bridgehead atoms. The van der Waals surface area contributed by atoms with Crippen LogP contribution in [0.4, 0.5) is 0 Å². The normalized spacial score (nSPS) is 24.2. The Hall–Kier alpha value is -3.40. The lowest BCUT2D eigenvalue weighted by atomic mass is 9.83. The van der Waals surface area contributed by atoms with Crippen LogP contribution >= 0.6 is 0 Å². The van der Waals surface area contributed by atoms with Gasteiger partial charge < -0.3 is 25.0 Å². The summed E-state index contributed by atoms with van der Waals surface area (Å²) in [6.07, 6.45) is 4.54. The molecule has 258 valence electrons. The van der Waals surface area contributed by atoms with Crippen molar-refractivity contribution >= 4 is 27.6 Å². The van der Waals surface area contributed by atoms with Gasteiger partial charge in [0.2, 0.25) is 17.7 Å². The van der Waals surface area contributed by atoms with E-state index in [0.29, 0.717) is 45.4 Å². The van der Waals surface area contributed by atoms with E-state index in [4.69, 9.17) is 9.47 Å². The molecule has 14 nitrogen and oxygen atoms in total. The van der Waals surface area contributed by atoms with E-state index >= 15 is 0 Å². The van der Waals surface area contributed by atoms with Crippen LogP contribution in [0, 0.1) is 0 Å². The molecule has 2 atom stereocenters. The Morgan fingerprint density at radius 1 is 1.02 bits per heavy atom. The zero-order valence-corrected chi connectivity index (χ0v) is 28.6. The minimum Gasteiger partial charge on any atom is -0.377 e. The van der Waals surface area contributed by atoms with Crippen molar-refractivity contribution in [3.05, 3.63) is 41.7 Å². The lowest BCUT2D eigenvalue weighted by Gasteiger charge is -2.43. The summed E-state index contributed by atoms with van der Waals surface area (Å²) < 4.78 is 36.6. The van der Waals surface area contributed by atoms with Crippen LogP contribution in [-0.2, 0) is 45.7 Å². The first kappa shape index (κ1) is 34.9. The largest absolute Gasteiger partial charge is 0.377 e. The van der Waals surface area contributed by atoms with Gasteiger partial charge in [0.25, 0.3) is 0 Å².